The Kier molecular flexibility index (Phi) is 4.46. The lowest BCUT2D eigenvalue weighted by molar-refractivity contribution is 0.242. The quantitative estimate of drug-likeness (QED) is 0.905. The summed E-state index contributed by atoms with van der Waals surface area (Å²) >= 11 is 0. The highest BCUT2D eigenvalue weighted by atomic mass is 16.5. The molecule has 0 saturated heterocycles. The Balaban J connectivity index is 2.27. The fraction of sp³-hybridized carbons (Fsp3) is 0.333. The summed E-state index contributed by atoms with van der Waals surface area (Å²) in [6.07, 6.45) is 0.188. The van der Waals surface area contributed by atoms with E-state index in [1.807, 2.05) is 38.1 Å². The fourth-order valence-corrected chi connectivity index (χ4v) is 2.51. The average Bonchev–Trinajstić information content (AvgIpc) is 2.38. The highest BCUT2D eigenvalue weighted by Crippen LogP contribution is 2.27. The van der Waals surface area contributed by atoms with Gasteiger partial charge in [0, 0.05) is 0 Å². The molecule has 0 radical (unpaired) electrons. The number of nitrogens with two attached hydrogens (primary N) is 1. The van der Waals surface area contributed by atoms with Crippen molar-refractivity contribution in [3.63, 3.8) is 0 Å². The molecule has 0 heterocycles. The first kappa shape index (κ1) is 14.6. The highest BCUT2D eigenvalue weighted by Gasteiger charge is 2.13. The van der Waals surface area contributed by atoms with Crippen molar-refractivity contribution < 1.29 is 4.74 Å². The minimum absolute atomic E-state index is 0.0932. The van der Waals surface area contributed by atoms with Gasteiger partial charge < -0.3 is 10.5 Å². The molecular formula is C18H23NO. The zero-order chi connectivity index (χ0) is 14.7. The van der Waals surface area contributed by atoms with Gasteiger partial charge >= 0.3 is 0 Å². The normalized spacial score (nSPS) is 12.5. The van der Waals surface area contributed by atoms with Crippen LogP contribution in [-0.2, 0) is 0 Å². The van der Waals surface area contributed by atoms with Crippen LogP contribution in [0.3, 0.4) is 0 Å². The van der Waals surface area contributed by atoms with Crippen LogP contribution in [0.25, 0.3) is 0 Å². The first-order valence-electron chi connectivity index (χ1n) is 7.07. The Morgan fingerprint density at radius 1 is 0.900 bits per heavy atom. The number of aryl methyl sites for hydroxylation is 2. The third-order valence-electron chi connectivity index (χ3n) is 3.46. The Labute approximate surface area is 121 Å². The van der Waals surface area contributed by atoms with Gasteiger partial charge in [-0.2, -0.15) is 0 Å². The summed E-state index contributed by atoms with van der Waals surface area (Å²) in [6.45, 7) is 8.27. The molecule has 0 bridgehead atoms. The number of rotatable bonds is 4. The maximum Gasteiger partial charge on any atom is 0.119 e. The second kappa shape index (κ2) is 6.10. The van der Waals surface area contributed by atoms with Crippen molar-refractivity contribution in [3.8, 4) is 5.75 Å². The van der Waals surface area contributed by atoms with Crippen molar-refractivity contribution in [2.75, 3.05) is 0 Å². The second-order valence-electron chi connectivity index (χ2n) is 5.52. The molecule has 0 saturated carbocycles. The Hall–Kier alpha value is -1.80. The van der Waals surface area contributed by atoms with Gasteiger partial charge in [0.25, 0.3) is 0 Å². The topological polar surface area (TPSA) is 35.2 Å². The van der Waals surface area contributed by atoms with E-state index in [1.54, 1.807) is 0 Å². The third-order valence-corrected chi connectivity index (χ3v) is 3.46. The van der Waals surface area contributed by atoms with Crippen LogP contribution in [0.5, 0.6) is 5.75 Å². The van der Waals surface area contributed by atoms with Gasteiger partial charge in [0.05, 0.1) is 12.1 Å². The molecule has 106 valence electrons. The van der Waals surface area contributed by atoms with E-state index in [9.17, 15) is 0 Å². The van der Waals surface area contributed by atoms with Crippen LogP contribution in [0.2, 0.25) is 0 Å². The van der Waals surface area contributed by atoms with E-state index in [0.29, 0.717) is 0 Å². The maximum absolute atomic E-state index is 6.43. The second-order valence-corrected chi connectivity index (χ2v) is 5.52. The predicted octanol–water partition coefficient (Wildman–Crippen LogP) is 4.14. The van der Waals surface area contributed by atoms with Crippen molar-refractivity contribution in [2.45, 2.75) is 39.8 Å². The summed E-state index contributed by atoms with van der Waals surface area (Å²) in [7, 11) is 0. The molecule has 0 aliphatic heterocycles. The smallest absolute Gasteiger partial charge is 0.119 e. The molecule has 2 N–H and O–H groups in total. The SMILES string of the molecule is Cc1cccc(C)c1C(N)c1ccc(OC(C)C)cc1. The van der Waals surface area contributed by atoms with E-state index in [-0.39, 0.29) is 12.1 Å². The van der Waals surface area contributed by atoms with Crippen molar-refractivity contribution in [1.82, 2.24) is 0 Å². The van der Waals surface area contributed by atoms with Gasteiger partial charge in [-0.05, 0) is 62.1 Å². The monoisotopic (exact) mass is 269 g/mol. The van der Waals surface area contributed by atoms with Crippen molar-refractivity contribution >= 4 is 0 Å². The van der Waals surface area contributed by atoms with Crippen LogP contribution >= 0.6 is 0 Å². The molecule has 1 unspecified atom stereocenters. The summed E-state index contributed by atoms with van der Waals surface area (Å²) in [5, 5.41) is 0. The summed E-state index contributed by atoms with van der Waals surface area (Å²) in [4.78, 5) is 0. The Bertz CT molecular complexity index is 552. The van der Waals surface area contributed by atoms with Gasteiger partial charge in [0.15, 0.2) is 0 Å². The van der Waals surface area contributed by atoms with Gasteiger partial charge in [0.1, 0.15) is 5.75 Å². The lowest BCUT2D eigenvalue weighted by Crippen LogP contribution is -2.15. The van der Waals surface area contributed by atoms with Crippen LogP contribution in [0, 0.1) is 13.8 Å². The molecule has 2 aromatic carbocycles. The van der Waals surface area contributed by atoms with Crippen molar-refractivity contribution in [3.05, 3.63) is 64.7 Å². The summed E-state index contributed by atoms with van der Waals surface area (Å²) < 4.78 is 5.66. The van der Waals surface area contributed by atoms with E-state index in [2.05, 4.69) is 32.0 Å². The molecule has 0 amide bonds. The Morgan fingerprint density at radius 3 is 1.95 bits per heavy atom. The minimum atomic E-state index is -0.0932. The van der Waals surface area contributed by atoms with Crippen molar-refractivity contribution in [2.24, 2.45) is 5.73 Å². The molecule has 2 nitrogen and oxygen atoms in total. The molecule has 2 rings (SSSR count). The minimum Gasteiger partial charge on any atom is -0.491 e. The summed E-state index contributed by atoms with van der Waals surface area (Å²) in [5.41, 5.74) is 11.2. The lowest BCUT2D eigenvalue weighted by atomic mass is 9.92. The number of hydrogen-bond donors (Lipinski definition) is 1. The zero-order valence-corrected chi connectivity index (χ0v) is 12.7. The number of benzene rings is 2. The standard InChI is InChI=1S/C18H23NO/c1-12(2)20-16-10-8-15(9-11-16)18(19)17-13(3)6-5-7-14(17)4/h5-12,18H,19H2,1-4H3. The maximum atomic E-state index is 6.43. The fourth-order valence-electron chi connectivity index (χ4n) is 2.51. The largest absolute Gasteiger partial charge is 0.491 e. The van der Waals surface area contributed by atoms with E-state index in [1.165, 1.54) is 16.7 Å². The molecule has 0 fully saturated rings. The Morgan fingerprint density at radius 2 is 1.45 bits per heavy atom. The molecule has 0 aliphatic rings. The predicted molar refractivity (Wildman–Crippen MR) is 84.2 cm³/mol. The first-order chi connectivity index (χ1) is 9.49. The molecule has 0 aliphatic carbocycles. The number of ether oxygens (including phenoxy) is 1. The van der Waals surface area contributed by atoms with E-state index in [4.69, 9.17) is 10.5 Å². The van der Waals surface area contributed by atoms with Crippen molar-refractivity contribution in [1.29, 1.82) is 0 Å². The summed E-state index contributed by atoms with van der Waals surface area (Å²) in [5.74, 6) is 0.887. The highest BCUT2D eigenvalue weighted by molar-refractivity contribution is 5.42. The summed E-state index contributed by atoms with van der Waals surface area (Å²) in [6, 6.07) is 14.3. The molecular weight excluding hydrogens is 246 g/mol. The van der Waals surface area contributed by atoms with E-state index >= 15 is 0 Å². The van der Waals surface area contributed by atoms with Gasteiger partial charge in [-0.1, -0.05) is 30.3 Å². The van der Waals surface area contributed by atoms with Crippen LogP contribution in [0.15, 0.2) is 42.5 Å². The molecule has 1 atom stereocenters. The lowest BCUT2D eigenvalue weighted by Gasteiger charge is -2.18. The van der Waals surface area contributed by atoms with E-state index < -0.39 is 0 Å². The molecule has 20 heavy (non-hydrogen) atoms. The molecule has 2 aromatic rings. The average molecular weight is 269 g/mol. The molecule has 0 spiro atoms. The van der Waals surface area contributed by atoms with Gasteiger partial charge in [-0.25, -0.2) is 0 Å². The van der Waals surface area contributed by atoms with Gasteiger partial charge in [-0.3, -0.25) is 0 Å². The van der Waals surface area contributed by atoms with Crippen LogP contribution in [-0.4, -0.2) is 6.10 Å². The van der Waals surface area contributed by atoms with Crippen LogP contribution in [0.4, 0.5) is 0 Å². The van der Waals surface area contributed by atoms with Gasteiger partial charge in [-0.15, -0.1) is 0 Å². The molecule has 0 aromatic heterocycles. The van der Waals surface area contributed by atoms with Crippen LogP contribution in [0.1, 0.15) is 42.1 Å². The number of hydrogen-bond acceptors (Lipinski definition) is 2. The van der Waals surface area contributed by atoms with E-state index in [0.717, 1.165) is 11.3 Å². The van der Waals surface area contributed by atoms with Gasteiger partial charge in [0.2, 0.25) is 0 Å². The van der Waals surface area contributed by atoms with Crippen LogP contribution < -0.4 is 10.5 Å². The third kappa shape index (κ3) is 3.20. The zero-order valence-electron chi connectivity index (χ0n) is 12.7. The first-order valence-corrected chi connectivity index (χ1v) is 7.07. The molecule has 2 heteroatoms.